The molecule has 1 atom stereocenters. The van der Waals surface area contributed by atoms with Gasteiger partial charge in [0, 0.05) is 69.3 Å². The number of nitrogens with one attached hydrogen (secondary N) is 2. The zero-order valence-corrected chi connectivity index (χ0v) is 34.9. The number of rotatable bonds is 16. The Bertz CT molecular complexity index is 2560. The molecule has 4 aromatic carbocycles. The number of esters is 1. The van der Waals surface area contributed by atoms with Gasteiger partial charge in [0.25, 0.3) is 0 Å². The van der Waals surface area contributed by atoms with E-state index in [9.17, 15) is 18.0 Å². The monoisotopic (exact) mass is 922 g/mol. The summed E-state index contributed by atoms with van der Waals surface area (Å²) in [6.07, 6.45) is 5.26. The molecule has 11 nitrogen and oxygen atoms in total. The molecule has 0 saturated heterocycles. The number of nitrogens with zero attached hydrogens (tertiary/aromatic N) is 2. The number of hydrogen-bond donors (Lipinski definition) is 2. The Morgan fingerprint density at radius 3 is 2.52 bits per heavy atom. The number of sulfone groups is 1. The average molecular weight is 923 g/mol. The van der Waals surface area contributed by atoms with Crippen molar-refractivity contribution in [2.45, 2.75) is 32.3 Å². The lowest BCUT2D eigenvalue weighted by atomic mass is 9.77. The number of imidazole rings is 1. The largest absolute Gasteiger partial charge is 0.463 e. The van der Waals surface area contributed by atoms with Crippen LogP contribution in [-0.2, 0) is 36.1 Å². The fraction of sp³-hybridized carbons (Fsp3) is 0.233. The molecule has 0 fully saturated rings. The van der Waals surface area contributed by atoms with E-state index < -0.39 is 38.9 Å². The molecular formula is C43H41F2IN4O7S. The Hall–Kier alpha value is -5.55. The van der Waals surface area contributed by atoms with Gasteiger partial charge in [0.2, 0.25) is 0 Å². The van der Waals surface area contributed by atoms with Crippen LogP contribution in [0.5, 0.6) is 11.5 Å². The van der Waals surface area contributed by atoms with Crippen molar-refractivity contribution in [1.82, 2.24) is 19.9 Å². The number of amides is 1. The van der Waals surface area contributed by atoms with Crippen molar-refractivity contribution >= 4 is 61.5 Å². The molecule has 6 aromatic rings. The summed E-state index contributed by atoms with van der Waals surface area (Å²) < 4.78 is 75.3. The van der Waals surface area contributed by atoms with Crippen molar-refractivity contribution in [2.75, 3.05) is 31.7 Å². The highest BCUT2D eigenvalue weighted by Gasteiger charge is 2.34. The van der Waals surface area contributed by atoms with E-state index in [-0.39, 0.29) is 66.1 Å². The third-order valence-electron chi connectivity index (χ3n) is 9.69. The molecule has 2 N–H and O–H groups in total. The highest BCUT2D eigenvalue weighted by molar-refractivity contribution is 14.1. The Morgan fingerprint density at radius 1 is 0.966 bits per heavy atom. The van der Waals surface area contributed by atoms with E-state index >= 15 is 8.78 Å². The minimum atomic E-state index is -3.68. The number of carbonyl (C=O) groups excluding carboxylic acids is 2. The van der Waals surface area contributed by atoms with Crippen LogP contribution in [0.15, 0.2) is 103 Å². The zero-order valence-electron chi connectivity index (χ0n) is 31.9. The van der Waals surface area contributed by atoms with E-state index in [4.69, 9.17) is 14.2 Å². The molecule has 1 amide bonds. The number of fused-ring (bicyclic) bond motifs is 1. The van der Waals surface area contributed by atoms with Gasteiger partial charge in [-0.25, -0.2) is 31.8 Å². The predicted molar refractivity (Wildman–Crippen MR) is 226 cm³/mol. The minimum absolute atomic E-state index is 0.0234. The van der Waals surface area contributed by atoms with Crippen molar-refractivity contribution in [3.8, 4) is 22.9 Å². The van der Waals surface area contributed by atoms with Crippen LogP contribution in [0.4, 0.5) is 13.6 Å². The first kappa shape index (κ1) is 42.1. The number of hydrogen-bond acceptors (Lipinski definition) is 8. The van der Waals surface area contributed by atoms with Crippen LogP contribution >= 0.6 is 22.6 Å². The predicted octanol–water partition coefficient (Wildman–Crippen LogP) is 9.19. The van der Waals surface area contributed by atoms with Crippen molar-refractivity contribution < 1.29 is 41.0 Å². The van der Waals surface area contributed by atoms with Crippen LogP contribution in [-0.4, -0.2) is 72.0 Å². The number of aromatic amines is 2. The van der Waals surface area contributed by atoms with E-state index in [0.29, 0.717) is 16.6 Å². The van der Waals surface area contributed by atoms with Crippen molar-refractivity contribution in [2.24, 2.45) is 0 Å². The Kier molecular flexibility index (Phi) is 13.3. The SMILES string of the molecule is CCOC(=O)/C=C/c1c(Oc2ccc(F)c(-c3ncc(C(C)(CCS(=O)(=O)CCN(C)C(=O)OCc4ccccc4)c4cccc(I)c4)[nH]3)c2)c(F)cc2[nH]ccc12. The van der Waals surface area contributed by atoms with Gasteiger partial charge in [0.05, 0.1) is 23.7 Å². The molecule has 15 heteroatoms. The number of carbonyl (C=O) groups is 2. The molecule has 302 valence electrons. The molecule has 0 aliphatic carbocycles. The van der Waals surface area contributed by atoms with Gasteiger partial charge >= 0.3 is 12.1 Å². The second-order valence-electron chi connectivity index (χ2n) is 13.7. The quantitative estimate of drug-likeness (QED) is 0.0556. The molecule has 1 unspecified atom stereocenters. The second kappa shape index (κ2) is 18.4. The highest BCUT2D eigenvalue weighted by atomic mass is 127. The standard InChI is InChI=1S/C43H41F2IN4O7S/c1-4-55-39(51)16-14-33-32-17-19-47-37(32)25-36(45)40(33)57-31-13-15-35(44)34(24-31)41-48-26-38(49-41)43(2,29-11-8-12-30(46)23-29)18-21-58(53,54)22-20-50(3)42(52)56-27-28-9-6-5-7-10-28/h5-17,19,23-26,47H,4,18,20-22,27H2,1-3H3,(H,48,49)/b16-14+. The molecule has 58 heavy (non-hydrogen) atoms. The van der Waals surface area contributed by atoms with E-state index in [2.05, 4.69) is 37.5 Å². The summed E-state index contributed by atoms with van der Waals surface area (Å²) >= 11 is 2.19. The van der Waals surface area contributed by atoms with Gasteiger partial charge in [-0.2, -0.15) is 0 Å². The van der Waals surface area contributed by atoms with Crippen LogP contribution in [0.1, 0.15) is 42.7 Å². The lowest BCUT2D eigenvalue weighted by molar-refractivity contribution is -0.137. The van der Waals surface area contributed by atoms with E-state index in [1.54, 1.807) is 25.4 Å². The summed E-state index contributed by atoms with van der Waals surface area (Å²) in [5.74, 6) is -2.43. The summed E-state index contributed by atoms with van der Waals surface area (Å²) in [7, 11) is -2.19. The smallest absolute Gasteiger partial charge is 0.409 e. The minimum Gasteiger partial charge on any atom is -0.463 e. The fourth-order valence-corrected chi connectivity index (χ4v) is 8.34. The first-order valence-electron chi connectivity index (χ1n) is 18.3. The fourth-order valence-electron chi connectivity index (χ4n) is 6.32. The molecule has 0 aliphatic heterocycles. The van der Waals surface area contributed by atoms with Gasteiger partial charge < -0.3 is 29.1 Å². The topological polar surface area (TPSA) is 144 Å². The van der Waals surface area contributed by atoms with Crippen LogP contribution in [0.3, 0.4) is 0 Å². The maximum Gasteiger partial charge on any atom is 0.409 e. The number of halogens is 3. The van der Waals surface area contributed by atoms with Gasteiger partial charge in [-0.3, -0.25) is 0 Å². The van der Waals surface area contributed by atoms with E-state index in [1.807, 2.05) is 61.5 Å². The third-order valence-corrected chi connectivity index (χ3v) is 12.0. The molecule has 2 heterocycles. The summed E-state index contributed by atoms with van der Waals surface area (Å²) in [5, 5.41) is 0.584. The van der Waals surface area contributed by atoms with Gasteiger partial charge in [-0.15, -0.1) is 0 Å². The third kappa shape index (κ3) is 10.1. The number of H-pyrrole nitrogens is 2. The summed E-state index contributed by atoms with van der Waals surface area (Å²) in [6, 6.07) is 23.7. The summed E-state index contributed by atoms with van der Waals surface area (Å²) in [5.41, 5.74) is 2.00. The van der Waals surface area contributed by atoms with Crippen LogP contribution in [0.2, 0.25) is 0 Å². The number of aromatic nitrogens is 3. The van der Waals surface area contributed by atoms with Crippen LogP contribution in [0, 0.1) is 15.2 Å². The lowest BCUT2D eigenvalue weighted by Gasteiger charge is -2.29. The molecule has 0 saturated carbocycles. The van der Waals surface area contributed by atoms with Crippen molar-refractivity contribution in [1.29, 1.82) is 0 Å². The van der Waals surface area contributed by atoms with E-state index in [0.717, 1.165) is 14.7 Å². The highest BCUT2D eigenvalue weighted by Crippen LogP contribution is 2.39. The second-order valence-corrected chi connectivity index (χ2v) is 17.3. The lowest BCUT2D eigenvalue weighted by Crippen LogP contribution is -2.34. The molecule has 0 aliphatic rings. The summed E-state index contributed by atoms with van der Waals surface area (Å²) in [6.45, 7) is 3.73. The van der Waals surface area contributed by atoms with Gasteiger partial charge in [0.15, 0.2) is 21.4 Å². The van der Waals surface area contributed by atoms with Gasteiger partial charge in [-0.05, 0) is 96.5 Å². The van der Waals surface area contributed by atoms with E-state index in [1.165, 1.54) is 48.4 Å². The summed E-state index contributed by atoms with van der Waals surface area (Å²) in [4.78, 5) is 36.6. The molecular weight excluding hydrogens is 881 g/mol. The van der Waals surface area contributed by atoms with Gasteiger partial charge in [-0.1, -0.05) is 42.5 Å². The Morgan fingerprint density at radius 2 is 1.76 bits per heavy atom. The Balaban J connectivity index is 1.23. The molecule has 6 rings (SSSR count). The number of benzene rings is 4. The van der Waals surface area contributed by atoms with Crippen LogP contribution < -0.4 is 4.74 Å². The normalized spacial score (nSPS) is 12.7. The van der Waals surface area contributed by atoms with Gasteiger partial charge in [0.1, 0.15) is 24.0 Å². The maximum absolute atomic E-state index is 15.6. The molecule has 0 radical (unpaired) electrons. The first-order chi connectivity index (χ1) is 27.8. The maximum atomic E-state index is 15.6. The molecule has 0 bridgehead atoms. The number of ether oxygens (including phenoxy) is 3. The average Bonchev–Trinajstić information content (AvgIpc) is 3.90. The molecule has 0 spiro atoms. The van der Waals surface area contributed by atoms with Crippen molar-refractivity contribution in [3.63, 3.8) is 0 Å². The first-order valence-corrected chi connectivity index (χ1v) is 21.2. The molecule has 2 aromatic heterocycles. The van der Waals surface area contributed by atoms with Crippen molar-refractivity contribution in [3.05, 3.63) is 141 Å². The zero-order chi connectivity index (χ0) is 41.5. The Labute approximate surface area is 348 Å². The van der Waals surface area contributed by atoms with Crippen LogP contribution in [0.25, 0.3) is 28.4 Å².